The highest BCUT2D eigenvalue weighted by molar-refractivity contribution is 6.11. The van der Waals surface area contributed by atoms with Gasteiger partial charge in [-0.05, 0) is 55.5 Å². The molecule has 0 radical (unpaired) electrons. The average molecular weight is 482 g/mol. The van der Waals surface area contributed by atoms with E-state index in [0.717, 1.165) is 35.7 Å². The van der Waals surface area contributed by atoms with E-state index >= 15 is 0 Å². The number of alkyl halides is 2. The topological polar surface area (TPSA) is 69.7 Å². The lowest BCUT2D eigenvalue weighted by Gasteiger charge is -2.34. The fraction of sp³-hybridized carbons (Fsp3) is 0.444. The average Bonchev–Trinajstić information content (AvgIpc) is 3.44. The highest BCUT2D eigenvalue weighted by atomic mass is 19.3. The number of ketones is 1. The Balaban J connectivity index is 1.27. The van der Waals surface area contributed by atoms with E-state index in [0.29, 0.717) is 5.56 Å². The number of nitrogens with zero attached hydrogens (tertiary/aromatic N) is 2. The molecule has 35 heavy (non-hydrogen) atoms. The number of hydrogen-bond acceptors (Lipinski definition) is 4. The largest absolute Gasteiger partial charge is 0.325 e. The molecule has 2 aromatic rings. The molecule has 1 spiro atoms. The summed E-state index contributed by atoms with van der Waals surface area (Å²) in [6.07, 6.45) is 1.29. The SMILES string of the molecule is O=C(CN1C(=O)NC2(CCC(F)(F)CC2)C1=O)c1ccc(-c2ccccc2CN2CCCC2)cc1. The van der Waals surface area contributed by atoms with Gasteiger partial charge in [-0.2, -0.15) is 0 Å². The summed E-state index contributed by atoms with van der Waals surface area (Å²) >= 11 is 0. The Hall–Kier alpha value is -3.13. The lowest BCUT2D eigenvalue weighted by Crippen LogP contribution is -2.51. The molecular formula is C27H29F2N3O3. The predicted molar refractivity (Wildman–Crippen MR) is 127 cm³/mol. The van der Waals surface area contributed by atoms with E-state index in [4.69, 9.17) is 0 Å². The summed E-state index contributed by atoms with van der Waals surface area (Å²) in [5.74, 6) is -3.78. The number of amides is 3. The number of benzene rings is 2. The molecule has 1 saturated carbocycles. The van der Waals surface area contributed by atoms with E-state index in [-0.39, 0.29) is 18.6 Å². The van der Waals surface area contributed by atoms with E-state index in [1.165, 1.54) is 18.4 Å². The number of imide groups is 1. The van der Waals surface area contributed by atoms with Crippen LogP contribution in [0.4, 0.5) is 13.6 Å². The number of halogens is 2. The summed E-state index contributed by atoms with van der Waals surface area (Å²) in [5.41, 5.74) is 2.41. The van der Waals surface area contributed by atoms with Crippen molar-refractivity contribution in [2.75, 3.05) is 19.6 Å². The maximum Gasteiger partial charge on any atom is 0.325 e. The Morgan fingerprint density at radius 1 is 0.914 bits per heavy atom. The first-order valence-corrected chi connectivity index (χ1v) is 12.2. The second-order valence-electron chi connectivity index (χ2n) is 9.90. The van der Waals surface area contributed by atoms with Crippen LogP contribution in [-0.4, -0.2) is 58.6 Å². The van der Waals surface area contributed by atoms with Crippen LogP contribution < -0.4 is 5.32 Å². The van der Waals surface area contributed by atoms with Gasteiger partial charge in [0.2, 0.25) is 5.92 Å². The summed E-state index contributed by atoms with van der Waals surface area (Å²) in [6, 6.07) is 14.7. The minimum absolute atomic E-state index is 0.124. The van der Waals surface area contributed by atoms with Gasteiger partial charge in [-0.15, -0.1) is 0 Å². The fourth-order valence-electron chi connectivity index (χ4n) is 5.39. The molecule has 2 heterocycles. The van der Waals surface area contributed by atoms with Crippen molar-refractivity contribution in [1.29, 1.82) is 0 Å². The molecule has 5 rings (SSSR count). The first-order valence-electron chi connectivity index (χ1n) is 12.2. The van der Waals surface area contributed by atoms with Crippen LogP contribution in [0.2, 0.25) is 0 Å². The maximum absolute atomic E-state index is 13.6. The van der Waals surface area contributed by atoms with Crippen molar-refractivity contribution < 1.29 is 23.2 Å². The van der Waals surface area contributed by atoms with Crippen LogP contribution in [-0.2, 0) is 11.3 Å². The second kappa shape index (κ2) is 9.15. The van der Waals surface area contributed by atoms with Gasteiger partial charge < -0.3 is 5.32 Å². The minimum atomic E-state index is -2.83. The molecular weight excluding hydrogens is 452 g/mol. The Bertz CT molecular complexity index is 1130. The number of likely N-dealkylation sites (tertiary alicyclic amines) is 1. The minimum Gasteiger partial charge on any atom is -0.323 e. The highest BCUT2D eigenvalue weighted by Gasteiger charge is 2.55. The molecule has 0 atom stereocenters. The summed E-state index contributed by atoms with van der Waals surface area (Å²) in [5, 5.41) is 2.58. The summed E-state index contributed by atoms with van der Waals surface area (Å²) in [7, 11) is 0. The van der Waals surface area contributed by atoms with Crippen molar-refractivity contribution in [1.82, 2.24) is 15.1 Å². The van der Waals surface area contributed by atoms with Crippen LogP contribution in [0.25, 0.3) is 11.1 Å². The molecule has 2 aliphatic heterocycles. The Labute approximate surface area is 203 Å². The number of nitrogens with one attached hydrogen (secondary N) is 1. The maximum atomic E-state index is 13.6. The van der Waals surface area contributed by atoms with E-state index in [2.05, 4.69) is 22.3 Å². The molecule has 0 bridgehead atoms. The molecule has 3 fully saturated rings. The molecule has 6 nitrogen and oxygen atoms in total. The number of hydrogen-bond donors (Lipinski definition) is 1. The van der Waals surface area contributed by atoms with Crippen LogP contribution in [0.15, 0.2) is 48.5 Å². The van der Waals surface area contributed by atoms with E-state index < -0.39 is 42.8 Å². The van der Waals surface area contributed by atoms with Crippen LogP contribution in [0.5, 0.6) is 0 Å². The third-order valence-corrected chi connectivity index (χ3v) is 7.51. The second-order valence-corrected chi connectivity index (χ2v) is 9.90. The molecule has 1 N–H and O–H groups in total. The lowest BCUT2D eigenvalue weighted by atomic mass is 9.80. The standard InChI is InChI=1S/C27H29F2N3O3/c28-27(29)13-11-26(12-14-27)24(34)32(25(35)30-26)18-23(33)20-9-7-19(8-10-20)22-6-2-1-5-21(22)17-31-15-3-4-16-31/h1-2,5-10H,3-4,11-18H2,(H,30,35). The Morgan fingerprint density at radius 3 is 2.26 bits per heavy atom. The van der Waals surface area contributed by atoms with E-state index in [9.17, 15) is 23.2 Å². The monoisotopic (exact) mass is 481 g/mol. The molecule has 8 heteroatoms. The van der Waals surface area contributed by atoms with Crippen LogP contribution in [0.3, 0.4) is 0 Å². The number of carbonyl (C=O) groups is 3. The third-order valence-electron chi connectivity index (χ3n) is 7.51. The quantitative estimate of drug-likeness (QED) is 0.483. The fourth-order valence-corrected chi connectivity index (χ4v) is 5.39. The number of carbonyl (C=O) groups excluding carboxylic acids is 3. The van der Waals surface area contributed by atoms with Gasteiger partial charge in [0.05, 0.1) is 6.54 Å². The molecule has 184 valence electrons. The van der Waals surface area contributed by atoms with Gasteiger partial charge in [0.15, 0.2) is 5.78 Å². The van der Waals surface area contributed by atoms with Crippen molar-refractivity contribution in [2.24, 2.45) is 0 Å². The lowest BCUT2D eigenvalue weighted by molar-refractivity contribution is -0.135. The molecule has 3 amide bonds. The third kappa shape index (κ3) is 4.72. The van der Waals surface area contributed by atoms with Gasteiger partial charge in [0.1, 0.15) is 5.54 Å². The van der Waals surface area contributed by atoms with E-state index in [1.54, 1.807) is 12.1 Å². The van der Waals surface area contributed by atoms with Crippen molar-refractivity contribution in [3.8, 4) is 11.1 Å². The molecule has 0 unspecified atom stereocenters. The summed E-state index contributed by atoms with van der Waals surface area (Å²) in [6.45, 7) is 2.69. The van der Waals surface area contributed by atoms with Crippen molar-refractivity contribution in [3.63, 3.8) is 0 Å². The van der Waals surface area contributed by atoms with Gasteiger partial charge in [0, 0.05) is 24.9 Å². The normalized spacial score (nSPS) is 21.5. The van der Waals surface area contributed by atoms with Crippen LogP contribution >= 0.6 is 0 Å². The van der Waals surface area contributed by atoms with Crippen LogP contribution in [0, 0.1) is 0 Å². The van der Waals surface area contributed by atoms with Gasteiger partial charge in [-0.1, -0.05) is 48.5 Å². The molecule has 0 aromatic heterocycles. The summed E-state index contributed by atoms with van der Waals surface area (Å²) < 4.78 is 27.2. The Morgan fingerprint density at radius 2 is 1.57 bits per heavy atom. The summed E-state index contributed by atoms with van der Waals surface area (Å²) in [4.78, 5) is 41.6. The van der Waals surface area contributed by atoms with Crippen LogP contribution in [0.1, 0.15) is 54.4 Å². The first-order chi connectivity index (χ1) is 16.8. The van der Waals surface area contributed by atoms with E-state index in [1.807, 2.05) is 24.3 Å². The number of urea groups is 1. The number of rotatable bonds is 6. The zero-order valence-corrected chi connectivity index (χ0v) is 19.6. The predicted octanol–water partition coefficient (Wildman–Crippen LogP) is 4.63. The molecule has 3 aliphatic rings. The van der Waals surface area contributed by atoms with Gasteiger partial charge in [-0.3, -0.25) is 19.4 Å². The molecule has 2 saturated heterocycles. The zero-order chi connectivity index (χ0) is 24.6. The molecule has 1 aliphatic carbocycles. The van der Waals surface area contributed by atoms with Gasteiger partial charge in [-0.25, -0.2) is 13.6 Å². The number of Topliss-reactive ketones (excluding diaryl/α,β-unsaturated/α-hetero) is 1. The van der Waals surface area contributed by atoms with Gasteiger partial charge in [0.25, 0.3) is 5.91 Å². The highest BCUT2D eigenvalue weighted by Crippen LogP contribution is 2.41. The van der Waals surface area contributed by atoms with Crippen molar-refractivity contribution in [3.05, 3.63) is 59.7 Å². The van der Waals surface area contributed by atoms with Gasteiger partial charge >= 0.3 is 6.03 Å². The smallest absolute Gasteiger partial charge is 0.323 e. The molecule has 2 aromatic carbocycles. The zero-order valence-electron chi connectivity index (χ0n) is 19.6. The van der Waals surface area contributed by atoms with Crippen molar-refractivity contribution in [2.45, 2.75) is 56.5 Å². The van der Waals surface area contributed by atoms with Crippen molar-refractivity contribution >= 4 is 17.7 Å². The Kier molecular flexibility index (Phi) is 6.17. The first kappa shape index (κ1) is 23.6.